The molecule has 1 nitrogen and oxygen atoms in total. The van der Waals surface area contributed by atoms with Gasteiger partial charge in [-0.3, -0.25) is 0 Å². The minimum atomic E-state index is 0.638. The van der Waals surface area contributed by atoms with Crippen LogP contribution in [-0.2, 0) is 0 Å². The molecule has 0 saturated carbocycles. The first-order chi connectivity index (χ1) is 3.66. The highest BCUT2D eigenvalue weighted by molar-refractivity contribution is 7.80. The highest BCUT2D eigenvalue weighted by atomic mass is 32.1. The van der Waals surface area contributed by atoms with Gasteiger partial charge in [0, 0.05) is 6.42 Å². The fraction of sp³-hybridized carbons (Fsp3) is 0.833. The lowest BCUT2D eigenvalue weighted by molar-refractivity contribution is 0.588. The summed E-state index contributed by atoms with van der Waals surface area (Å²) in [6.07, 6.45) is 2.06. The van der Waals surface area contributed by atoms with E-state index in [0.717, 1.165) is 12.8 Å². The smallest absolute Gasteiger partial charge is 0.0730 e. The third kappa shape index (κ3) is 4.06. The van der Waals surface area contributed by atoms with Gasteiger partial charge in [-0.15, -0.1) is 0 Å². The van der Waals surface area contributed by atoms with Gasteiger partial charge in [0.25, 0.3) is 0 Å². The molecule has 0 rings (SSSR count). The minimum absolute atomic E-state index is 0.638. The van der Waals surface area contributed by atoms with Crippen molar-refractivity contribution < 1.29 is 0 Å². The number of rotatable bonds is 3. The molecular formula is C6H13NS. The molecule has 2 heteroatoms. The topological polar surface area (TPSA) is 26.0 Å². The Morgan fingerprint density at radius 3 is 2.38 bits per heavy atom. The number of thiocarbonyl (C=S) groups is 1. The van der Waals surface area contributed by atoms with E-state index in [9.17, 15) is 0 Å². The lowest BCUT2D eigenvalue weighted by atomic mass is 10.1. The van der Waals surface area contributed by atoms with Gasteiger partial charge in [-0.25, -0.2) is 0 Å². The van der Waals surface area contributed by atoms with Gasteiger partial charge < -0.3 is 5.73 Å². The molecule has 0 aromatic rings. The van der Waals surface area contributed by atoms with Gasteiger partial charge in [0.2, 0.25) is 0 Å². The molecule has 0 aliphatic heterocycles. The zero-order valence-corrected chi connectivity index (χ0v) is 6.29. The van der Waals surface area contributed by atoms with E-state index in [-0.39, 0.29) is 0 Å². The van der Waals surface area contributed by atoms with Gasteiger partial charge in [0.15, 0.2) is 0 Å². The van der Waals surface area contributed by atoms with Crippen LogP contribution in [0.3, 0.4) is 0 Å². The molecule has 2 N–H and O–H groups in total. The van der Waals surface area contributed by atoms with Gasteiger partial charge >= 0.3 is 0 Å². The van der Waals surface area contributed by atoms with E-state index in [2.05, 4.69) is 13.8 Å². The van der Waals surface area contributed by atoms with Crippen LogP contribution in [0.15, 0.2) is 0 Å². The van der Waals surface area contributed by atoms with Crippen LogP contribution >= 0.6 is 12.2 Å². The van der Waals surface area contributed by atoms with Crippen LogP contribution in [0.25, 0.3) is 0 Å². The van der Waals surface area contributed by atoms with E-state index in [1.807, 2.05) is 0 Å². The molecule has 0 spiro atoms. The van der Waals surface area contributed by atoms with Crippen LogP contribution in [0.5, 0.6) is 0 Å². The molecule has 0 heterocycles. The van der Waals surface area contributed by atoms with Crippen molar-refractivity contribution in [2.45, 2.75) is 26.7 Å². The third-order valence-corrected chi connectivity index (χ3v) is 1.41. The van der Waals surface area contributed by atoms with E-state index in [1.54, 1.807) is 0 Å². The summed E-state index contributed by atoms with van der Waals surface area (Å²) in [5, 5.41) is 0. The average Bonchev–Trinajstić information content (AvgIpc) is 1.65. The first kappa shape index (κ1) is 7.89. The predicted molar refractivity (Wildman–Crippen MR) is 40.9 cm³/mol. The standard InChI is InChI=1S/C6H13NS/c1-3-5(2)4-6(7)8/h5H,3-4H2,1-2H3,(H2,7,8)/t5-/m1/s1. The second-order valence-electron chi connectivity index (χ2n) is 2.18. The minimum Gasteiger partial charge on any atom is -0.393 e. The first-order valence-corrected chi connectivity index (χ1v) is 3.36. The molecule has 0 bridgehead atoms. The Balaban J connectivity index is 3.24. The van der Waals surface area contributed by atoms with E-state index < -0.39 is 0 Å². The van der Waals surface area contributed by atoms with Crippen molar-refractivity contribution in [3.05, 3.63) is 0 Å². The fourth-order valence-electron chi connectivity index (χ4n) is 0.488. The van der Waals surface area contributed by atoms with Crippen molar-refractivity contribution in [2.75, 3.05) is 0 Å². The van der Waals surface area contributed by atoms with Crippen LogP contribution in [-0.4, -0.2) is 4.99 Å². The fourth-order valence-corrected chi connectivity index (χ4v) is 0.772. The van der Waals surface area contributed by atoms with Crippen molar-refractivity contribution in [3.8, 4) is 0 Å². The molecule has 48 valence electrons. The summed E-state index contributed by atoms with van der Waals surface area (Å²) < 4.78 is 0. The zero-order chi connectivity index (χ0) is 6.57. The summed E-state index contributed by atoms with van der Waals surface area (Å²) >= 11 is 4.72. The quantitative estimate of drug-likeness (QED) is 0.590. The predicted octanol–water partition coefficient (Wildman–Crippen LogP) is 1.71. The maximum Gasteiger partial charge on any atom is 0.0730 e. The van der Waals surface area contributed by atoms with Gasteiger partial charge in [-0.05, 0) is 5.92 Å². The molecular weight excluding hydrogens is 118 g/mol. The molecule has 0 radical (unpaired) electrons. The van der Waals surface area contributed by atoms with Crippen LogP contribution in [0, 0.1) is 5.92 Å². The highest BCUT2D eigenvalue weighted by Gasteiger charge is 1.97. The van der Waals surface area contributed by atoms with E-state index in [4.69, 9.17) is 18.0 Å². The van der Waals surface area contributed by atoms with Crippen LogP contribution in [0.1, 0.15) is 26.7 Å². The van der Waals surface area contributed by atoms with Crippen molar-refractivity contribution >= 4 is 17.2 Å². The van der Waals surface area contributed by atoms with E-state index >= 15 is 0 Å². The Kier molecular flexibility index (Phi) is 3.79. The molecule has 1 atom stereocenters. The molecule has 0 aromatic carbocycles. The summed E-state index contributed by atoms with van der Waals surface area (Å²) in [5.41, 5.74) is 5.30. The second kappa shape index (κ2) is 3.84. The lowest BCUT2D eigenvalue weighted by Gasteiger charge is -2.03. The van der Waals surface area contributed by atoms with Crippen molar-refractivity contribution in [3.63, 3.8) is 0 Å². The van der Waals surface area contributed by atoms with Crippen molar-refractivity contribution in [1.29, 1.82) is 0 Å². The van der Waals surface area contributed by atoms with Crippen molar-refractivity contribution in [2.24, 2.45) is 11.7 Å². The first-order valence-electron chi connectivity index (χ1n) is 2.95. The second-order valence-corrected chi connectivity index (χ2v) is 2.71. The van der Waals surface area contributed by atoms with E-state index in [1.165, 1.54) is 0 Å². The summed E-state index contributed by atoms with van der Waals surface area (Å²) in [5.74, 6) is 0.660. The number of nitrogens with two attached hydrogens (primary N) is 1. The Bertz CT molecular complexity index is 80.6. The van der Waals surface area contributed by atoms with Crippen LogP contribution in [0.2, 0.25) is 0 Å². The van der Waals surface area contributed by atoms with Gasteiger partial charge in [0.1, 0.15) is 0 Å². The van der Waals surface area contributed by atoms with Crippen molar-refractivity contribution in [1.82, 2.24) is 0 Å². The Morgan fingerprint density at radius 1 is 1.75 bits per heavy atom. The maximum atomic E-state index is 5.30. The normalized spacial score (nSPS) is 13.2. The van der Waals surface area contributed by atoms with Crippen LogP contribution in [0.4, 0.5) is 0 Å². The summed E-state index contributed by atoms with van der Waals surface area (Å²) in [7, 11) is 0. The molecule has 0 amide bonds. The Morgan fingerprint density at radius 2 is 2.25 bits per heavy atom. The SMILES string of the molecule is CC[C@@H](C)CC(N)=S. The zero-order valence-electron chi connectivity index (χ0n) is 5.48. The monoisotopic (exact) mass is 131 g/mol. The largest absolute Gasteiger partial charge is 0.393 e. The molecule has 0 aliphatic carbocycles. The molecule has 8 heavy (non-hydrogen) atoms. The molecule has 0 unspecified atom stereocenters. The number of hydrogen-bond acceptors (Lipinski definition) is 1. The average molecular weight is 131 g/mol. The molecule has 0 fully saturated rings. The Labute approximate surface area is 56.3 Å². The number of hydrogen-bond donors (Lipinski definition) is 1. The Hall–Kier alpha value is -0.110. The molecule has 0 saturated heterocycles. The van der Waals surface area contributed by atoms with Gasteiger partial charge in [-0.2, -0.15) is 0 Å². The third-order valence-electron chi connectivity index (χ3n) is 1.25. The highest BCUT2D eigenvalue weighted by Crippen LogP contribution is 2.04. The van der Waals surface area contributed by atoms with E-state index in [0.29, 0.717) is 10.9 Å². The summed E-state index contributed by atoms with van der Waals surface area (Å²) in [4.78, 5) is 0.638. The summed E-state index contributed by atoms with van der Waals surface area (Å²) in [6.45, 7) is 4.29. The summed E-state index contributed by atoms with van der Waals surface area (Å²) in [6, 6.07) is 0. The molecule has 0 aliphatic rings. The van der Waals surface area contributed by atoms with Gasteiger partial charge in [-0.1, -0.05) is 32.5 Å². The maximum absolute atomic E-state index is 5.30. The lowest BCUT2D eigenvalue weighted by Crippen LogP contribution is -2.11. The molecule has 0 aromatic heterocycles. The van der Waals surface area contributed by atoms with Gasteiger partial charge in [0.05, 0.1) is 4.99 Å². The van der Waals surface area contributed by atoms with Crippen LogP contribution < -0.4 is 5.73 Å².